The molecule has 1 aromatic heterocycles. The van der Waals surface area contributed by atoms with Crippen molar-refractivity contribution < 1.29 is 23.2 Å². The molecule has 6 nitrogen and oxygen atoms in total. The van der Waals surface area contributed by atoms with E-state index in [1.165, 1.54) is 25.9 Å². The molecule has 24 heavy (non-hydrogen) atoms. The van der Waals surface area contributed by atoms with Gasteiger partial charge in [-0.15, -0.1) is 0 Å². The van der Waals surface area contributed by atoms with Crippen molar-refractivity contribution in [3.8, 4) is 22.9 Å². The molecule has 0 aliphatic rings. The maximum Gasteiger partial charge on any atom is 0.608 e. The molecule has 0 atom stereocenters. The van der Waals surface area contributed by atoms with Gasteiger partial charge in [0, 0.05) is 0 Å². The predicted molar refractivity (Wildman–Crippen MR) is 88.4 cm³/mol. The lowest BCUT2D eigenvalue weighted by molar-refractivity contribution is -0.623. The van der Waals surface area contributed by atoms with Gasteiger partial charge in [-0.2, -0.15) is 4.79 Å². The third-order valence-electron chi connectivity index (χ3n) is 3.82. The monoisotopic (exact) mass is 328 g/mol. The molecule has 0 N–H and O–H groups in total. The van der Waals surface area contributed by atoms with Crippen molar-refractivity contribution in [2.45, 2.75) is 6.92 Å². The van der Waals surface area contributed by atoms with E-state index >= 15 is 0 Å². The van der Waals surface area contributed by atoms with Gasteiger partial charge in [0.2, 0.25) is 11.4 Å². The van der Waals surface area contributed by atoms with Crippen LogP contribution in [0.4, 0.5) is 0 Å². The summed E-state index contributed by atoms with van der Waals surface area (Å²) < 4.78 is 22.9. The molecule has 124 valence electrons. The van der Waals surface area contributed by atoms with Crippen molar-refractivity contribution in [1.82, 2.24) is 0 Å². The summed E-state index contributed by atoms with van der Waals surface area (Å²) in [5.41, 5.74) is 2.04. The number of nitrogens with zero attached hydrogens (tertiary/aromatic N) is 1. The van der Waals surface area contributed by atoms with Gasteiger partial charge in [0.1, 0.15) is 0 Å². The van der Waals surface area contributed by atoms with Gasteiger partial charge in [-0.05, 0) is 18.6 Å². The SMILES string of the molecule is COc1cc(-[n+]2cc3cccc(C)c3oc2=O)cc(OC)c1OC. The molecule has 0 aliphatic carbocycles. The maximum atomic E-state index is 12.4. The summed E-state index contributed by atoms with van der Waals surface area (Å²) in [6, 6.07) is 9.09. The molecule has 6 heteroatoms. The zero-order valence-corrected chi connectivity index (χ0v) is 14.0. The molecule has 3 rings (SSSR count). The molecular formula is C18H18NO5+. The fraction of sp³-hybridized carbons (Fsp3) is 0.222. The van der Waals surface area contributed by atoms with Crippen molar-refractivity contribution in [1.29, 1.82) is 0 Å². The molecule has 0 fully saturated rings. The first kappa shape index (κ1) is 15.9. The van der Waals surface area contributed by atoms with E-state index in [1.807, 2.05) is 25.1 Å². The molecule has 0 amide bonds. The van der Waals surface area contributed by atoms with Gasteiger partial charge in [0.15, 0.2) is 23.3 Å². The number of rotatable bonds is 4. The second kappa shape index (κ2) is 6.23. The van der Waals surface area contributed by atoms with Crippen molar-refractivity contribution in [3.63, 3.8) is 0 Å². The number of benzene rings is 2. The van der Waals surface area contributed by atoms with E-state index in [4.69, 9.17) is 18.6 Å². The van der Waals surface area contributed by atoms with Gasteiger partial charge in [0.05, 0.1) is 38.8 Å². The summed E-state index contributed by atoms with van der Waals surface area (Å²) >= 11 is 0. The average Bonchev–Trinajstić information content (AvgIpc) is 2.60. The van der Waals surface area contributed by atoms with Crippen molar-refractivity contribution >= 4 is 11.0 Å². The van der Waals surface area contributed by atoms with Crippen LogP contribution in [0.15, 0.2) is 45.7 Å². The fourth-order valence-electron chi connectivity index (χ4n) is 2.63. The molecule has 2 aromatic carbocycles. The average molecular weight is 328 g/mol. The number of methoxy groups -OCH3 is 3. The smallest absolute Gasteiger partial charge is 0.492 e. The summed E-state index contributed by atoms with van der Waals surface area (Å²) in [6.07, 6.45) is 1.73. The van der Waals surface area contributed by atoms with E-state index < -0.39 is 5.76 Å². The van der Waals surface area contributed by atoms with E-state index in [0.717, 1.165) is 10.9 Å². The second-order valence-electron chi connectivity index (χ2n) is 5.24. The van der Waals surface area contributed by atoms with Crippen LogP contribution >= 0.6 is 0 Å². The fourth-order valence-corrected chi connectivity index (χ4v) is 2.63. The van der Waals surface area contributed by atoms with Crippen molar-refractivity contribution in [2.24, 2.45) is 0 Å². The Hall–Kier alpha value is -3.02. The Bertz CT molecular complexity index is 936. The Balaban J connectivity index is 2.27. The number of fused-ring (bicyclic) bond motifs is 1. The standard InChI is InChI=1S/C18H18NO5/c1-11-6-5-7-12-10-19(18(20)24-16(11)12)13-8-14(21-2)17(23-4)15(9-13)22-3/h5-10H,1-4H3/q+1. The largest absolute Gasteiger partial charge is 0.608 e. The highest BCUT2D eigenvalue weighted by Crippen LogP contribution is 2.38. The van der Waals surface area contributed by atoms with Gasteiger partial charge in [-0.1, -0.05) is 16.7 Å². The highest BCUT2D eigenvalue weighted by molar-refractivity contribution is 5.77. The zero-order valence-electron chi connectivity index (χ0n) is 14.0. The van der Waals surface area contributed by atoms with Gasteiger partial charge in [-0.25, -0.2) is 0 Å². The van der Waals surface area contributed by atoms with Crippen LogP contribution in [-0.4, -0.2) is 21.3 Å². The summed E-state index contributed by atoms with van der Waals surface area (Å²) in [4.78, 5) is 12.4. The van der Waals surface area contributed by atoms with Crippen LogP contribution in [0.3, 0.4) is 0 Å². The van der Waals surface area contributed by atoms with Gasteiger partial charge in [-0.3, -0.25) is 0 Å². The van der Waals surface area contributed by atoms with Crippen LogP contribution in [0.2, 0.25) is 0 Å². The van der Waals surface area contributed by atoms with Crippen molar-refractivity contribution in [2.75, 3.05) is 21.3 Å². The first-order chi connectivity index (χ1) is 11.6. The predicted octanol–water partition coefficient (Wildman–Crippen LogP) is 2.40. The Labute approximate surface area is 138 Å². The summed E-state index contributed by atoms with van der Waals surface area (Å²) in [5.74, 6) is 0.891. The third-order valence-corrected chi connectivity index (χ3v) is 3.82. The van der Waals surface area contributed by atoms with Crippen LogP contribution in [-0.2, 0) is 0 Å². The molecule has 0 bridgehead atoms. The first-order valence-electron chi connectivity index (χ1n) is 7.34. The number of para-hydroxylation sites is 1. The molecule has 1 heterocycles. The normalized spacial score (nSPS) is 10.7. The zero-order chi connectivity index (χ0) is 17.3. The molecule has 0 spiro atoms. The lowest BCUT2D eigenvalue weighted by atomic mass is 10.2. The molecule has 0 unspecified atom stereocenters. The Morgan fingerprint density at radius 3 is 2.25 bits per heavy atom. The Morgan fingerprint density at radius 2 is 1.67 bits per heavy atom. The molecule has 0 aliphatic heterocycles. The Morgan fingerprint density at radius 1 is 1.00 bits per heavy atom. The van der Waals surface area contributed by atoms with E-state index in [9.17, 15) is 4.79 Å². The molecule has 0 saturated carbocycles. The van der Waals surface area contributed by atoms with E-state index in [1.54, 1.807) is 18.3 Å². The number of hydrogen-bond donors (Lipinski definition) is 0. The van der Waals surface area contributed by atoms with Gasteiger partial charge >= 0.3 is 5.76 Å². The molecule has 3 aromatic rings. The van der Waals surface area contributed by atoms with E-state index in [-0.39, 0.29) is 0 Å². The number of hydrogen-bond acceptors (Lipinski definition) is 5. The molecule has 0 radical (unpaired) electrons. The topological polar surface area (TPSA) is 61.8 Å². The minimum atomic E-state index is -0.494. The minimum absolute atomic E-state index is 0.461. The molecule has 0 saturated heterocycles. The lowest BCUT2D eigenvalue weighted by Crippen LogP contribution is -2.46. The van der Waals surface area contributed by atoms with Crippen LogP contribution < -0.4 is 24.5 Å². The summed E-state index contributed by atoms with van der Waals surface area (Å²) in [7, 11) is 4.58. The lowest BCUT2D eigenvalue weighted by Gasteiger charge is -2.11. The summed E-state index contributed by atoms with van der Waals surface area (Å²) in [6.45, 7) is 1.90. The van der Waals surface area contributed by atoms with Gasteiger partial charge in [0.25, 0.3) is 0 Å². The Kier molecular flexibility index (Phi) is 4.12. The highest BCUT2D eigenvalue weighted by Gasteiger charge is 2.22. The van der Waals surface area contributed by atoms with Crippen molar-refractivity contribution in [3.05, 3.63) is 52.6 Å². The minimum Gasteiger partial charge on any atom is -0.492 e. The van der Waals surface area contributed by atoms with Crippen LogP contribution in [0, 0.1) is 6.92 Å². The van der Waals surface area contributed by atoms with E-state index in [2.05, 4.69) is 0 Å². The maximum absolute atomic E-state index is 12.4. The van der Waals surface area contributed by atoms with Crippen LogP contribution in [0.5, 0.6) is 17.2 Å². The van der Waals surface area contributed by atoms with Crippen LogP contribution in [0.25, 0.3) is 16.7 Å². The molecular weight excluding hydrogens is 310 g/mol. The number of aromatic nitrogens is 1. The number of ether oxygens (including phenoxy) is 3. The first-order valence-corrected chi connectivity index (χ1v) is 7.34. The quantitative estimate of drug-likeness (QED) is 0.688. The number of aryl methyl sites for hydroxylation is 1. The van der Waals surface area contributed by atoms with E-state index in [0.29, 0.717) is 28.5 Å². The van der Waals surface area contributed by atoms with Gasteiger partial charge < -0.3 is 18.6 Å². The highest BCUT2D eigenvalue weighted by atomic mass is 16.5. The third kappa shape index (κ3) is 2.56. The second-order valence-corrected chi connectivity index (χ2v) is 5.24. The van der Waals surface area contributed by atoms with Crippen LogP contribution in [0.1, 0.15) is 5.56 Å². The summed E-state index contributed by atoms with van der Waals surface area (Å²) in [5, 5.41) is 0.823.